The fraction of sp³-hybridized carbons (Fsp3) is 0.500. The van der Waals surface area contributed by atoms with Crippen molar-refractivity contribution in [3.05, 3.63) is 35.4 Å². The van der Waals surface area contributed by atoms with Crippen molar-refractivity contribution in [2.45, 2.75) is 25.9 Å². The Morgan fingerprint density at radius 3 is 2.00 bits per heavy atom. The monoisotopic (exact) mass is 192 g/mol. The lowest BCUT2D eigenvalue weighted by Crippen LogP contribution is -2.28. The zero-order valence-corrected chi connectivity index (χ0v) is 9.54. The minimum atomic E-state index is -0.239. The molecule has 0 heterocycles. The van der Waals surface area contributed by atoms with Gasteiger partial charge in [-0.15, -0.1) is 0 Å². The molecule has 78 valence electrons. The van der Waals surface area contributed by atoms with Crippen LogP contribution in [0.25, 0.3) is 0 Å². The lowest BCUT2D eigenvalue weighted by molar-refractivity contribution is 0.402. The van der Waals surface area contributed by atoms with Gasteiger partial charge in [0.15, 0.2) is 0 Å². The fourth-order valence-corrected chi connectivity index (χ4v) is 1.40. The summed E-state index contributed by atoms with van der Waals surface area (Å²) in [7, 11) is 4.14. The summed E-state index contributed by atoms with van der Waals surface area (Å²) in [6.45, 7) is 5.02. The van der Waals surface area contributed by atoms with E-state index in [9.17, 15) is 0 Å². The summed E-state index contributed by atoms with van der Waals surface area (Å²) in [5, 5.41) is 0. The van der Waals surface area contributed by atoms with Gasteiger partial charge in [0.2, 0.25) is 0 Å². The topological polar surface area (TPSA) is 29.3 Å². The average Bonchev–Trinajstić information content (AvgIpc) is 2.02. The summed E-state index contributed by atoms with van der Waals surface area (Å²) < 4.78 is 0. The second-order valence-corrected chi connectivity index (χ2v) is 4.66. The molecule has 0 aliphatic rings. The first-order chi connectivity index (χ1) is 6.39. The number of hydrogen-bond acceptors (Lipinski definition) is 2. The zero-order valence-electron chi connectivity index (χ0n) is 9.54. The van der Waals surface area contributed by atoms with E-state index < -0.39 is 0 Å². The summed E-state index contributed by atoms with van der Waals surface area (Å²) in [4.78, 5) is 2.16. The third kappa shape index (κ3) is 3.13. The van der Waals surface area contributed by atoms with E-state index in [0.717, 1.165) is 6.54 Å². The molecule has 0 atom stereocenters. The SMILES string of the molecule is CN(C)Cc1ccc(C(C)(C)N)cc1. The van der Waals surface area contributed by atoms with Crippen molar-refractivity contribution in [3.8, 4) is 0 Å². The molecule has 0 bridgehead atoms. The van der Waals surface area contributed by atoms with Crippen LogP contribution < -0.4 is 5.73 Å². The first kappa shape index (κ1) is 11.2. The number of hydrogen-bond donors (Lipinski definition) is 1. The van der Waals surface area contributed by atoms with E-state index in [1.807, 2.05) is 13.8 Å². The van der Waals surface area contributed by atoms with Gasteiger partial charge >= 0.3 is 0 Å². The first-order valence-corrected chi connectivity index (χ1v) is 4.92. The molecule has 14 heavy (non-hydrogen) atoms. The molecule has 2 N–H and O–H groups in total. The Labute approximate surface area is 86.7 Å². The van der Waals surface area contributed by atoms with Gasteiger partial charge in [0.25, 0.3) is 0 Å². The van der Waals surface area contributed by atoms with Crippen molar-refractivity contribution < 1.29 is 0 Å². The average molecular weight is 192 g/mol. The summed E-state index contributed by atoms with van der Waals surface area (Å²) in [6.07, 6.45) is 0. The molecule has 2 nitrogen and oxygen atoms in total. The minimum Gasteiger partial charge on any atom is -0.322 e. The van der Waals surface area contributed by atoms with Gasteiger partial charge in [0, 0.05) is 12.1 Å². The predicted molar refractivity (Wildman–Crippen MR) is 61.0 cm³/mol. The van der Waals surface area contributed by atoms with Crippen LogP contribution in [0.4, 0.5) is 0 Å². The van der Waals surface area contributed by atoms with E-state index in [0.29, 0.717) is 0 Å². The number of nitrogens with two attached hydrogens (primary N) is 1. The highest BCUT2D eigenvalue weighted by Gasteiger charge is 2.12. The van der Waals surface area contributed by atoms with Crippen LogP contribution >= 0.6 is 0 Å². The molecule has 1 aromatic rings. The van der Waals surface area contributed by atoms with Crippen LogP contribution in [0.1, 0.15) is 25.0 Å². The van der Waals surface area contributed by atoms with Crippen LogP contribution in [-0.4, -0.2) is 19.0 Å². The van der Waals surface area contributed by atoms with Crippen LogP contribution in [0.15, 0.2) is 24.3 Å². The Bertz CT molecular complexity index is 280. The maximum Gasteiger partial charge on any atom is 0.0352 e. The molecule has 0 unspecified atom stereocenters. The summed E-state index contributed by atoms with van der Waals surface area (Å²) >= 11 is 0. The Morgan fingerprint density at radius 1 is 1.14 bits per heavy atom. The Kier molecular flexibility index (Phi) is 3.29. The highest BCUT2D eigenvalue weighted by molar-refractivity contribution is 5.27. The van der Waals surface area contributed by atoms with Crippen molar-refractivity contribution in [1.82, 2.24) is 4.90 Å². The normalized spacial score (nSPS) is 12.1. The minimum absolute atomic E-state index is 0.239. The number of rotatable bonds is 3. The van der Waals surface area contributed by atoms with Crippen molar-refractivity contribution in [1.29, 1.82) is 0 Å². The van der Waals surface area contributed by atoms with Gasteiger partial charge in [-0.2, -0.15) is 0 Å². The van der Waals surface area contributed by atoms with Gasteiger partial charge in [0.1, 0.15) is 0 Å². The van der Waals surface area contributed by atoms with Gasteiger partial charge in [-0.25, -0.2) is 0 Å². The predicted octanol–water partition coefficient (Wildman–Crippen LogP) is 1.94. The lowest BCUT2D eigenvalue weighted by Gasteiger charge is -2.19. The van der Waals surface area contributed by atoms with Crippen molar-refractivity contribution in [2.24, 2.45) is 5.73 Å². The maximum absolute atomic E-state index is 6.00. The molecular weight excluding hydrogens is 172 g/mol. The van der Waals surface area contributed by atoms with E-state index >= 15 is 0 Å². The highest BCUT2D eigenvalue weighted by Crippen LogP contribution is 2.17. The van der Waals surface area contributed by atoms with E-state index in [-0.39, 0.29) is 5.54 Å². The molecule has 1 aromatic carbocycles. The molecule has 2 heteroatoms. The van der Waals surface area contributed by atoms with Crippen molar-refractivity contribution in [3.63, 3.8) is 0 Å². The second kappa shape index (κ2) is 4.11. The maximum atomic E-state index is 6.00. The molecule has 0 saturated heterocycles. The fourth-order valence-electron chi connectivity index (χ4n) is 1.40. The second-order valence-electron chi connectivity index (χ2n) is 4.66. The van der Waals surface area contributed by atoms with Crippen LogP contribution in [0.5, 0.6) is 0 Å². The molecule has 0 saturated carbocycles. The van der Waals surface area contributed by atoms with Crippen LogP contribution in [0.2, 0.25) is 0 Å². The molecular formula is C12H20N2. The molecule has 1 rings (SSSR count). The van der Waals surface area contributed by atoms with Gasteiger partial charge in [-0.1, -0.05) is 24.3 Å². The molecule has 0 radical (unpaired) electrons. The van der Waals surface area contributed by atoms with E-state index in [4.69, 9.17) is 5.73 Å². The number of nitrogens with zero attached hydrogens (tertiary/aromatic N) is 1. The summed E-state index contributed by atoms with van der Waals surface area (Å²) in [6, 6.07) is 8.51. The zero-order chi connectivity index (χ0) is 10.8. The quantitative estimate of drug-likeness (QED) is 0.793. The Balaban J connectivity index is 2.79. The van der Waals surface area contributed by atoms with Gasteiger partial charge in [-0.3, -0.25) is 0 Å². The molecule has 0 aliphatic heterocycles. The van der Waals surface area contributed by atoms with Gasteiger partial charge < -0.3 is 10.6 Å². The van der Waals surface area contributed by atoms with Crippen LogP contribution in [0.3, 0.4) is 0 Å². The summed E-state index contributed by atoms with van der Waals surface area (Å²) in [5.74, 6) is 0. The van der Waals surface area contributed by atoms with Gasteiger partial charge in [-0.05, 0) is 39.1 Å². The molecule has 0 spiro atoms. The molecule has 0 aromatic heterocycles. The molecule has 0 fully saturated rings. The third-order valence-electron chi connectivity index (χ3n) is 2.20. The smallest absolute Gasteiger partial charge is 0.0352 e. The Morgan fingerprint density at radius 2 is 1.64 bits per heavy atom. The standard InChI is InChI=1S/C12H20N2/c1-12(2,13)11-7-5-10(6-8-11)9-14(3)4/h5-8H,9,13H2,1-4H3. The van der Waals surface area contributed by atoms with Crippen molar-refractivity contribution in [2.75, 3.05) is 14.1 Å². The van der Waals surface area contributed by atoms with E-state index in [2.05, 4.69) is 43.3 Å². The lowest BCUT2D eigenvalue weighted by atomic mass is 9.95. The van der Waals surface area contributed by atoms with E-state index in [1.165, 1.54) is 11.1 Å². The largest absolute Gasteiger partial charge is 0.322 e. The molecule has 0 amide bonds. The third-order valence-corrected chi connectivity index (χ3v) is 2.20. The number of benzene rings is 1. The first-order valence-electron chi connectivity index (χ1n) is 4.92. The Hall–Kier alpha value is -0.860. The molecule has 0 aliphatic carbocycles. The van der Waals surface area contributed by atoms with Crippen LogP contribution in [0, 0.1) is 0 Å². The van der Waals surface area contributed by atoms with Crippen LogP contribution in [-0.2, 0) is 12.1 Å². The van der Waals surface area contributed by atoms with E-state index in [1.54, 1.807) is 0 Å². The highest BCUT2D eigenvalue weighted by atomic mass is 15.0. The summed E-state index contributed by atoms with van der Waals surface area (Å²) in [5.41, 5.74) is 8.26. The van der Waals surface area contributed by atoms with Gasteiger partial charge in [0.05, 0.1) is 0 Å². The van der Waals surface area contributed by atoms with Crippen molar-refractivity contribution >= 4 is 0 Å².